The number of ether oxygens (including phenoxy) is 1. The second-order valence-electron chi connectivity index (χ2n) is 1.82. The number of unbranched alkanes of at least 4 members (excludes halogenated alkanes) is 1. The van der Waals surface area contributed by atoms with E-state index in [1.807, 2.05) is 6.08 Å². The second-order valence-corrected chi connectivity index (χ2v) is 1.82. The first-order valence-corrected chi connectivity index (χ1v) is 3.51. The maximum Gasteiger partial charge on any atom is 0.330 e. The van der Waals surface area contributed by atoms with Crippen LogP contribution in [0.15, 0.2) is 12.2 Å². The Morgan fingerprint density at radius 2 is 2.17 bits per heavy atom. The molecule has 0 aromatic carbocycles. The second kappa shape index (κ2) is 12.3. The minimum atomic E-state index is -0.275. The predicted octanol–water partition coefficient (Wildman–Crippen LogP) is 1.42. The van der Waals surface area contributed by atoms with E-state index in [1.165, 1.54) is 13.2 Å². The van der Waals surface area contributed by atoms with Gasteiger partial charge in [-0.25, -0.2) is 15.0 Å². The molecule has 0 atom stereocenters. The van der Waals surface area contributed by atoms with Crippen LogP contribution in [-0.2, 0) is 14.3 Å². The molecule has 0 aromatic heterocycles. The number of carbonyl (C=O) groups excluding carboxylic acids is 2. The minimum absolute atomic E-state index is 0.275. The van der Waals surface area contributed by atoms with Crippen molar-refractivity contribution in [3.8, 4) is 0 Å². The lowest BCUT2D eigenvalue weighted by Crippen LogP contribution is -1.92. The van der Waals surface area contributed by atoms with Crippen molar-refractivity contribution in [2.45, 2.75) is 19.8 Å². The molecule has 0 saturated carbocycles. The molecule has 0 spiro atoms. The van der Waals surface area contributed by atoms with Crippen molar-refractivity contribution in [2.75, 3.05) is 7.11 Å². The largest absolute Gasteiger partial charge is 0.466 e. The molecule has 0 heterocycles. The summed E-state index contributed by atoms with van der Waals surface area (Å²) in [7, 11) is 1.37. The van der Waals surface area contributed by atoms with Gasteiger partial charge in [-0.05, 0) is 6.42 Å². The normalized spacial score (nSPS) is 8.17. The number of rotatable bonds is 3. The van der Waals surface area contributed by atoms with E-state index in [2.05, 4.69) is 11.7 Å². The number of carbonyl (C=O) groups is 1. The summed E-state index contributed by atoms with van der Waals surface area (Å²) < 4.78 is 4.37. The van der Waals surface area contributed by atoms with E-state index in [4.69, 9.17) is 10.2 Å². The van der Waals surface area contributed by atoms with Gasteiger partial charge in [0.2, 0.25) is 6.08 Å². The van der Waals surface area contributed by atoms with E-state index >= 15 is 0 Å². The zero-order chi connectivity index (χ0) is 9.82. The number of esters is 1. The van der Waals surface area contributed by atoms with Crippen LogP contribution < -0.4 is 0 Å². The lowest BCUT2D eigenvalue weighted by molar-refractivity contribution is -0.134. The van der Waals surface area contributed by atoms with E-state index in [0.29, 0.717) is 0 Å². The van der Waals surface area contributed by atoms with Crippen LogP contribution in [-0.4, -0.2) is 19.2 Å². The van der Waals surface area contributed by atoms with Gasteiger partial charge in [0.1, 0.15) is 0 Å². The molecule has 0 unspecified atom stereocenters. The van der Waals surface area contributed by atoms with E-state index in [1.54, 1.807) is 0 Å². The van der Waals surface area contributed by atoms with Gasteiger partial charge < -0.3 is 4.74 Å². The Balaban J connectivity index is 0. The maximum atomic E-state index is 10.4. The van der Waals surface area contributed by atoms with Crippen molar-refractivity contribution in [1.82, 2.24) is 0 Å². The number of methoxy groups -OCH3 is 1. The topological polar surface area (TPSA) is 67.2 Å². The summed E-state index contributed by atoms with van der Waals surface area (Å²) in [4.78, 5) is 18.7. The van der Waals surface area contributed by atoms with Gasteiger partial charge in [0.15, 0.2) is 0 Å². The Kier molecular flexibility index (Phi) is 13.5. The highest BCUT2D eigenvalue weighted by Gasteiger charge is 1.86. The van der Waals surface area contributed by atoms with Crippen molar-refractivity contribution in [3.63, 3.8) is 0 Å². The van der Waals surface area contributed by atoms with Crippen LogP contribution in [0.5, 0.6) is 0 Å². The van der Waals surface area contributed by atoms with Crippen LogP contribution in [0.3, 0.4) is 0 Å². The van der Waals surface area contributed by atoms with Gasteiger partial charge in [-0.2, -0.15) is 0 Å². The van der Waals surface area contributed by atoms with Crippen molar-refractivity contribution in [2.24, 2.45) is 0 Å². The molecule has 4 nitrogen and oxygen atoms in total. The van der Waals surface area contributed by atoms with Crippen molar-refractivity contribution >= 4 is 12.0 Å². The molecule has 0 aliphatic carbocycles. The average molecular weight is 171 g/mol. The first-order valence-electron chi connectivity index (χ1n) is 3.51. The average Bonchev–Trinajstić information content (AvgIpc) is 2.06. The minimum Gasteiger partial charge on any atom is -0.466 e. The molecule has 12 heavy (non-hydrogen) atoms. The molecule has 0 bridgehead atoms. The highest BCUT2D eigenvalue weighted by atomic mass is 16.5. The van der Waals surface area contributed by atoms with Gasteiger partial charge in [-0.15, -0.1) is 0 Å². The summed E-state index contributed by atoms with van der Waals surface area (Å²) in [5.41, 5.74) is 0. The Morgan fingerprint density at radius 3 is 2.50 bits per heavy atom. The van der Waals surface area contributed by atoms with E-state index in [0.717, 1.165) is 18.9 Å². The molecular weight excluding hydrogens is 158 g/mol. The Hall–Kier alpha value is -1.41. The molecule has 0 rings (SSSR count). The van der Waals surface area contributed by atoms with Crippen LogP contribution in [0.4, 0.5) is 0 Å². The molecule has 68 valence electrons. The Bertz CT molecular complexity index is 169. The molecule has 0 aromatic rings. The maximum absolute atomic E-state index is 10.4. The summed E-state index contributed by atoms with van der Waals surface area (Å²) in [5, 5.41) is 5.40. The van der Waals surface area contributed by atoms with Crippen molar-refractivity contribution in [1.29, 1.82) is 5.41 Å². The number of isocyanates is 1. The van der Waals surface area contributed by atoms with Crippen molar-refractivity contribution in [3.05, 3.63) is 12.2 Å². The summed E-state index contributed by atoms with van der Waals surface area (Å²) in [5.74, 6) is -0.275. The van der Waals surface area contributed by atoms with Gasteiger partial charge >= 0.3 is 5.97 Å². The molecular formula is C8H13NO3. The third kappa shape index (κ3) is 15.8. The third-order valence-electron chi connectivity index (χ3n) is 0.910. The summed E-state index contributed by atoms with van der Waals surface area (Å²) in [6.07, 6.45) is 6.01. The molecule has 0 aliphatic rings. The summed E-state index contributed by atoms with van der Waals surface area (Å²) in [6.45, 7) is 2.06. The molecule has 1 N–H and O–H groups in total. The number of nitrogens with one attached hydrogen (secondary N) is 1. The van der Waals surface area contributed by atoms with Gasteiger partial charge in [0, 0.05) is 6.08 Å². The Labute approximate surface area is 71.7 Å². The van der Waals surface area contributed by atoms with E-state index in [-0.39, 0.29) is 5.97 Å². The number of hydrogen-bond donors (Lipinski definition) is 1. The summed E-state index contributed by atoms with van der Waals surface area (Å²) >= 11 is 0. The Morgan fingerprint density at radius 1 is 1.67 bits per heavy atom. The van der Waals surface area contributed by atoms with E-state index in [9.17, 15) is 4.79 Å². The monoisotopic (exact) mass is 171 g/mol. The van der Waals surface area contributed by atoms with Gasteiger partial charge in [-0.1, -0.05) is 19.4 Å². The first kappa shape index (κ1) is 13.2. The fourth-order valence-electron chi connectivity index (χ4n) is 0.414. The smallest absolute Gasteiger partial charge is 0.330 e. The number of allylic oxidation sites excluding steroid dienone is 1. The molecule has 0 amide bonds. The quantitative estimate of drug-likeness (QED) is 0.302. The van der Waals surface area contributed by atoms with Gasteiger partial charge in [0.25, 0.3) is 0 Å². The SMILES string of the molecule is CCCC=CC(=O)OC.N=C=O. The molecule has 0 radical (unpaired) electrons. The van der Waals surface area contributed by atoms with Crippen molar-refractivity contribution < 1.29 is 14.3 Å². The van der Waals surface area contributed by atoms with Crippen LogP contribution >= 0.6 is 0 Å². The highest BCUT2D eigenvalue weighted by Crippen LogP contribution is 1.88. The third-order valence-corrected chi connectivity index (χ3v) is 0.910. The zero-order valence-corrected chi connectivity index (χ0v) is 7.29. The van der Waals surface area contributed by atoms with Crippen LogP contribution in [0.1, 0.15) is 19.8 Å². The highest BCUT2D eigenvalue weighted by molar-refractivity contribution is 5.81. The predicted molar refractivity (Wildman–Crippen MR) is 44.5 cm³/mol. The molecule has 0 fully saturated rings. The van der Waals surface area contributed by atoms with Crippen LogP contribution in [0.2, 0.25) is 0 Å². The lowest BCUT2D eigenvalue weighted by Gasteiger charge is -1.87. The van der Waals surface area contributed by atoms with Gasteiger partial charge in [0.05, 0.1) is 7.11 Å². The lowest BCUT2D eigenvalue weighted by atomic mass is 10.3. The summed E-state index contributed by atoms with van der Waals surface area (Å²) in [6, 6.07) is 0. The first-order chi connectivity index (χ1) is 5.72. The fraction of sp³-hybridized carbons (Fsp3) is 0.500. The van der Waals surface area contributed by atoms with Gasteiger partial charge in [-0.3, -0.25) is 0 Å². The molecule has 0 aliphatic heterocycles. The van der Waals surface area contributed by atoms with Crippen LogP contribution in [0, 0.1) is 5.41 Å². The zero-order valence-electron chi connectivity index (χ0n) is 7.29. The standard InChI is InChI=1S/C7H12O2.CHNO/c1-3-4-5-6-7(8)9-2;2-1-3/h5-6H,3-4H2,1-2H3;2H. The molecule has 0 saturated heterocycles. The van der Waals surface area contributed by atoms with E-state index < -0.39 is 0 Å². The van der Waals surface area contributed by atoms with Crippen LogP contribution in [0.25, 0.3) is 0 Å². The molecule has 4 heteroatoms. The number of hydrogen-bond acceptors (Lipinski definition) is 4. The fourth-order valence-corrected chi connectivity index (χ4v) is 0.414.